The van der Waals surface area contributed by atoms with Crippen LogP contribution < -0.4 is 41.2 Å². The number of aliphatic hydroxyl groups excluding tert-OH is 2. The largest absolute Gasteiger partial charge is 1.00 e. The molecule has 32 heavy (non-hydrogen) atoms. The Morgan fingerprint density at radius 1 is 1.06 bits per heavy atom. The van der Waals surface area contributed by atoms with E-state index in [1.807, 2.05) is 6.07 Å². The van der Waals surface area contributed by atoms with Gasteiger partial charge in [0.25, 0.3) is 0 Å². The SMILES string of the molecule is CC(=O)OOO.Cl.N#Cc1ccc(CO)cc1.N/C(=N\O)c1ccc(CO)cc1.NO.[H-].[Na+]. The molecule has 0 heterocycles. The Morgan fingerprint density at radius 2 is 1.47 bits per heavy atom. The van der Waals surface area contributed by atoms with Crippen LogP contribution >= 0.6 is 12.4 Å². The molecule has 0 bridgehead atoms. The summed E-state index contributed by atoms with van der Waals surface area (Å²) in [5.74, 6) is 2.89. The van der Waals surface area contributed by atoms with Gasteiger partial charge in [-0.05, 0) is 28.3 Å². The van der Waals surface area contributed by atoms with Gasteiger partial charge in [0.1, 0.15) is 0 Å². The Balaban J connectivity index is -0.000000114. The molecule has 174 valence electrons. The van der Waals surface area contributed by atoms with Gasteiger partial charge in [-0.1, -0.05) is 41.6 Å². The second-order valence-corrected chi connectivity index (χ2v) is 4.96. The van der Waals surface area contributed by atoms with Crippen LogP contribution in [0.5, 0.6) is 0 Å². The smallest absolute Gasteiger partial charge is 1.00 e. The first-order valence-corrected chi connectivity index (χ1v) is 7.93. The third-order valence-corrected chi connectivity index (χ3v) is 2.96. The Hall–Kier alpha value is -2.28. The van der Waals surface area contributed by atoms with Crippen molar-refractivity contribution in [3.8, 4) is 6.07 Å². The number of nitrogens with zero attached hydrogens (tertiary/aromatic N) is 2. The maximum atomic E-state index is 9.54. The van der Waals surface area contributed by atoms with Crippen molar-refractivity contribution in [2.24, 2.45) is 16.8 Å². The van der Waals surface area contributed by atoms with Crippen molar-refractivity contribution in [3.63, 3.8) is 0 Å². The summed E-state index contributed by atoms with van der Waals surface area (Å²) in [5, 5.41) is 53.6. The predicted molar refractivity (Wildman–Crippen MR) is 112 cm³/mol. The molecule has 0 aliphatic carbocycles. The monoisotopic (exact) mass is 484 g/mol. The molecule has 0 unspecified atom stereocenters. The van der Waals surface area contributed by atoms with Gasteiger partial charge in [0.15, 0.2) is 5.84 Å². The topological polar surface area (TPSA) is 225 Å². The van der Waals surface area contributed by atoms with Crippen molar-refractivity contribution < 1.29 is 71.6 Å². The molecule has 0 aliphatic heterocycles. The number of hydrogen-bond donors (Lipinski definition) is 7. The van der Waals surface area contributed by atoms with Crippen LogP contribution in [0, 0.1) is 11.3 Å². The van der Waals surface area contributed by atoms with Gasteiger partial charge in [-0.25, -0.2) is 15.9 Å². The predicted octanol–water partition coefficient (Wildman–Crippen LogP) is -1.85. The Labute approximate surface area is 214 Å². The molecule has 2 rings (SSSR count). The van der Waals surface area contributed by atoms with Crippen LogP contribution in [-0.2, 0) is 27.9 Å². The molecule has 0 saturated carbocycles. The van der Waals surface area contributed by atoms with Gasteiger partial charge in [0.05, 0.1) is 24.8 Å². The summed E-state index contributed by atoms with van der Waals surface area (Å²) in [6.45, 7) is 1.14. The third-order valence-electron chi connectivity index (χ3n) is 2.96. The van der Waals surface area contributed by atoms with Crippen LogP contribution in [-0.4, -0.2) is 37.7 Å². The fraction of sp³-hybridized carbons (Fsp3) is 0.167. The fourth-order valence-corrected chi connectivity index (χ4v) is 1.58. The standard InChI is InChI=1S/C8H10N2O2.C8H7NO.C2H4O4.ClH.H3NO.Na.H/c9-8(10-12)7-3-1-6(5-11)2-4-7;9-5-7-1-3-8(6-10)4-2-7;1-2(3)5-6-4;;1-2;;/h1-4,11-12H,5H2,(H2,9,10);1-4,10H,6H2;4H,1H3;1H;2H,1H2;;/q;;;;;+1;-1. The number of nitriles is 1. The number of halogens is 1. The number of aliphatic hydroxyl groups is 2. The van der Waals surface area contributed by atoms with E-state index in [1.165, 1.54) is 0 Å². The average Bonchev–Trinajstić information content (AvgIpc) is 2.80. The maximum Gasteiger partial charge on any atom is 1.00 e. The van der Waals surface area contributed by atoms with E-state index in [-0.39, 0.29) is 62.4 Å². The van der Waals surface area contributed by atoms with Gasteiger partial charge >= 0.3 is 35.5 Å². The second-order valence-electron chi connectivity index (χ2n) is 4.96. The zero-order valence-corrected chi connectivity index (χ0v) is 20.3. The maximum absolute atomic E-state index is 9.54. The third kappa shape index (κ3) is 18.5. The molecule has 2 aromatic rings. The van der Waals surface area contributed by atoms with Crippen LogP contribution in [0.3, 0.4) is 0 Å². The number of rotatable bonds is 4. The number of benzene rings is 2. The molecular weight excluding hydrogens is 459 g/mol. The number of amidine groups is 1. The molecule has 9 N–H and O–H groups in total. The van der Waals surface area contributed by atoms with E-state index < -0.39 is 5.97 Å². The molecule has 0 fully saturated rings. The zero-order valence-electron chi connectivity index (χ0n) is 18.5. The first kappa shape index (κ1) is 37.1. The summed E-state index contributed by atoms with van der Waals surface area (Å²) in [4.78, 5) is 13.0. The van der Waals surface area contributed by atoms with E-state index in [9.17, 15) is 4.79 Å². The van der Waals surface area contributed by atoms with Gasteiger partial charge in [-0.3, -0.25) is 4.89 Å². The minimum atomic E-state index is -0.683. The summed E-state index contributed by atoms with van der Waals surface area (Å²) < 4.78 is 0. The molecule has 0 aliphatic rings. The Kier molecular flexibility index (Phi) is 28.9. The molecule has 0 saturated heterocycles. The number of carbonyl (C=O) groups is 1. The minimum Gasteiger partial charge on any atom is -1.00 e. The van der Waals surface area contributed by atoms with Crippen LogP contribution in [0.2, 0.25) is 0 Å². The van der Waals surface area contributed by atoms with Gasteiger partial charge in [0.2, 0.25) is 0 Å². The Bertz CT molecular complexity index is 794. The van der Waals surface area contributed by atoms with Crippen molar-refractivity contribution in [1.29, 1.82) is 5.26 Å². The molecule has 12 nitrogen and oxygen atoms in total. The fourth-order valence-electron chi connectivity index (χ4n) is 1.58. The van der Waals surface area contributed by atoms with Crippen molar-refractivity contribution in [3.05, 3.63) is 70.8 Å². The first-order valence-electron chi connectivity index (χ1n) is 7.93. The molecule has 0 aromatic heterocycles. The molecular formula is C18H26ClN4NaO8. The average molecular weight is 485 g/mol. The summed E-state index contributed by atoms with van der Waals surface area (Å²) in [7, 11) is 0. The zero-order chi connectivity index (χ0) is 23.4. The van der Waals surface area contributed by atoms with Crippen molar-refractivity contribution >= 4 is 24.2 Å². The van der Waals surface area contributed by atoms with Gasteiger partial charge < -0.3 is 27.8 Å². The number of hydrogen-bond acceptors (Lipinski definition) is 11. The second kappa shape index (κ2) is 25.0. The van der Waals surface area contributed by atoms with E-state index in [1.54, 1.807) is 48.5 Å². The normalized spacial score (nSPS) is 8.72. The van der Waals surface area contributed by atoms with Gasteiger partial charge in [-0.15, -0.1) is 12.4 Å². The van der Waals surface area contributed by atoms with E-state index in [2.05, 4.69) is 21.0 Å². The Morgan fingerprint density at radius 3 is 1.72 bits per heavy atom. The van der Waals surface area contributed by atoms with E-state index in [4.69, 9.17) is 36.9 Å². The molecule has 0 spiro atoms. The van der Waals surface area contributed by atoms with Crippen molar-refractivity contribution in [2.75, 3.05) is 0 Å². The van der Waals surface area contributed by atoms with Crippen LogP contribution in [0.25, 0.3) is 0 Å². The molecule has 0 amide bonds. The minimum absolute atomic E-state index is 0. The van der Waals surface area contributed by atoms with E-state index in [0.29, 0.717) is 11.1 Å². The first-order chi connectivity index (χ1) is 14.4. The summed E-state index contributed by atoms with van der Waals surface area (Å²) in [6, 6.07) is 15.6. The number of oxime groups is 1. The van der Waals surface area contributed by atoms with Crippen LogP contribution in [0.15, 0.2) is 53.7 Å². The molecule has 2 aromatic carbocycles. The van der Waals surface area contributed by atoms with Crippen molar-refractivity contribution in [1.82, 2.24) is 0 Å². The quantitative estimate of drug-likeness (QED) is 0.0636. The molecule has 14 heteroatoms. The number of nitrogens with two attached hydrogens (primary N) is 2. The summed E-state index contributed by atoms with van der Waals surface area (Å²) in [5.41, 5.74) is 8.21. The molecule has 0 atom stereocenters. The van der Waals surface area contributed by atoms with E-state index >= 15 is 0 Å². The van der Waals surface area contributed by atoms with E-state index in [0.717, 1.165) is 18.1 Å². The number of carbonyl (C=O) groups excluding carboxylic acids is 1. The van der Waals surface area contributed by atoms with Gasteiger partial charge in [-0.2, -0.15) is 5.26 Å². The van der Waals surface area contributed by atoms with Crippen LogP contribution in [0.4, 0.5) is 0 Å². The van der Waals surface area contributed by atoms with Crippen LogP contribution in [0.1, 0.15) is 30.6 Å². The summed E-state index contributed by atoms with van der Waals surface area (Å²) >= 11 is 0. The van der Waals surface area contributed by atoms with Crippen molar-refractivity contribution in [2.45, 2.75) is 20.1 Å². The molecule has 0 radical (unpaired) electrons. The summed E-state index contributed by atoms with van der Waals surface area (Å²) in [6.07, 6.45) is 0. The van der Waals surface area contributed by atoms with Gasteiger partial charge in [0, 0.05) is 12.5 Å².